The molecule has 0 aromatic carbocycles. The third kappa shape index (κ3) is 3.75. The SMILES string of the molecule is Cc1cnn(CC2CN(Cc3ncc(C(C)C)o3)CCO2)c1. The number of hydrogen-bond donors (Lipinski definition) is 0. The largest absolute Gasteiger partial charge is 0.444 e. The molecule has 3 rings (SSSR count). The van der Waals surface area contributed by atoms with Gasteiger partial charge >= 0.3 is 0 Å². The van der Waals surface area contributed by atoms with E-state index in [9.17, 15) is 0 Å². The zero-order chi connectivity index (χ0) is 15.5. The van der Waals surface area contributed by atoms with Crippen LogP contribution in [0, 0.1) is 6.92 Å². The topological polar surface area (TPSA) is 56.3 Å². The lowest BCUT2D eigenvalue weighted by Gasteiger charge is -2.32. The van der Waals surface area contributed by atoms with Gasteiger partial charge < -0.3 is 9.15 Å². The van der Waals surface area contributed by atoms with Gasteiger partial charge in [0.25, 0.3) is 0 Å². The Morgan fingerprint density at radius 1 is 1.36 bits per heavy atom. The van der Waals surface area contributed by atoms with Crippen LogP contribution in [0.2, 0.25) is 0 Å². The minimum Gasteiger partial charge on any atom is -0.444 e. The molecule has 0 radical (unpaired) electrons. The lowest BCUT2D eigenvalue weighted by molar-refractivity contribution is -0.0423. The van der Waals surface area contributed by atoms with E-state index in [-0.39, 0.29) is 6.10 Å². The summed E-state index contributed by atoms with van der Waals surface area (Å²) in [5, 5.41) is 4.33. The quantitative estimate of drug-likeness (QED) is 0.847. The molecule has 0 aliphatic carbocycles. The average Bonchev–Trinajstić information content (AvgIpc) is 3.09. The van der Waals surface area contributed by atoms with E-state index in [2.05, 4.69) is 28.8 Å². The van der Waals surface area contributed by atoms with Gasteiger partial charge in [-0.3, -0.25) is 9.58 Å². The second kappa shape index (κ2) is 6.62. The van der Waals surface area contributed by atoms with Crippen molar-refractivity contribution in [1.82, 2.24) is 19.7 Å². The van der Waals surface area contributed by atoms with Crippen molar-refractivity contribution in [2.24, 2.45) is 0 Å². The molecule has 6 nitrogen and oxygen atoms in total. The first kappa shape index (κ1) is 15.2. The normalized spacial score (nSPS) is 19.9. The molecule has 0 bridgehead atoms. The van der Waals surface area contributed by atoms with Gasteiger partial charge in [0.2, 0.25) is 5.89 Å². The molecule has 1 fully saturated rings. The van der Waals surface area contributed by atoms with Crippen molar-refractivity contribution < 1.29 is 9.15 Å². The zero-order valence-corrected chi connectivity index (χ0v) is 13.5. The summed E-state index contributed by atoms with van der Waals surface area (Å²) in [6.45, 7) is 10.3. The summed E-state index contributed by atoms with van der Waals surface area (Å²) in [5.74, 6) is 2.12. The van der Waals surface area contributed by atoms with E-state index in [4.69, 9.17) is 9.15 Å². The van der Waals surface area contributed by atoms with Crippen molar-refractivity contribution in [2.45, 2.75) is 45.9 Å². The molecule has 0 spiro atoms. The van der Waals surface area contributed by atoms with Crippen LogP contribution < -0.4 is 0 Å². The Labute approximate surface area is 131 Å². The highest BCUT2D eigenvalue weighted by atomic mass is 16.5. The van der Waals surface area contributed by atoms with E-state index in [1.54, 1.807) is 0 Å². The molecule has 2 aromatic rings. The number of aryl methyl sites for hydroxylation is 1. The molecule has 0 amide bonds. The van der Waals surface area contributed by atoms with Gasteiger partial charge in [0.15, 0.2) is 0 Å². The molecule has 1 aliphatic heterocycles. The number of rotatable bonds is 5. The summed E-state index contributed by atoms with van der Waals surface area (Å²) in [7, 11) is 0. The maximum absolute atomic E-state index is 5.85. The standard InChI is InChI=1S/C16H24N4O2/c1-12(2)15-7-17-16(22-15)11-19-4-5-21-14(9-19)10-20-8-13(3)6-18-20/h6-8,12,14H,4-5,9-11H2,1-3H3. The predicted molar refractivity (Wildman–Crippen MR) is 82.6 cm³/mol. The van der Waals surface area contributed by atoms with Gasteiger partial charge in [-0.05, 0) is 12.5 Å². The van der Waals surface area contributed by atoms with Crippen molar-refractivity contribution in [3.05, 3.63) is 35.8 Å². The number of oxazole rings is 1. The smallest absolute Gasteiger partial charge is 0.208 e. The Hall–Kier alpha value is -1.66. The van der Waals surface area contributed by atoms with Crippen LogP contribution in [0.15, 0.2) is 23.0 Å². The molecular weight excluding hydrogens is 280 g/mol. The fraction of sp³-hybridized carbons (Fsp3) is 0.625. The summed E-state index contributed by atoms with van der Waals surface area (Å²) in [4.78, 5) is 6.71. The Kier molecular flexibility index (Phi) is 4.59. The van der Waals surface area contributed by atoms with Crippen molar-refractivity contribution in [3.8, 4) is 0 Å². The number of ether oxygens (including phenoxy) is 1. The van der Waals surface area contributed by atoms with Gasteiger partial charge in [-0.25, -0.2) is 4.98 Å². The van der Waals surface area contributed by atoms with E-state index >= 15 is 0 Å². The minimum absolute atomic E-state index is 0.160. The van der Waals surface area contributed by atoms with Crippen molar-refractivity contribution in [3.63, 3.8) is 0 Å². The molecule has 1 unspecified atom stereocenters. The Morgan fingerprint density at radius 2 is 2.23 bits per heavy atom. The van der Waals surface area contributed by atoms with Crippen LogP contribution in [0.4, 0.5) is 0 Å². The highest BCUT2D eigenvalue weighted by Crippen LogP contribution is 2.17. The Morgan fingerprint density at radius 3 is 2.91 bits per heavy atom. The van der Waals surface area contributed by atoms with Gasteiger partial charge in [-0.1, -0.05) is 13.8 Å². The van der Waals surface area contributed by atoms with Crippen LogP contribution in [-0.2, 0) is 17.8 Å². The second-order valence-electron chi connectivity index (χ2n) is 6.28. The zero-order valence-electron chi connectivity index (χ0n) is 13.5. The van der Waals surface area contributed by atoms with Crippen LogP contribution >= 0.6 is 0 Å². The molecule has 6 heteroatoms. The molecule has 0 saturated carbocycles. The maximum atomic E-state index is 5.85. The fourth-order valence-corrected chi connectivity index (χ4v) is 2.67. The summed E-state index contributed by atoms with van der Waals surface area (Å²) in [6, 6.07) is 0. The van der Waals surface area contributed by atoms with Crippen LogP contribution in [-0.4, -0.2) is 45.5 Å². The summed E-state index contributed by atoms with van der Waals surface area (Å²) >= 11 is 0. The molecule has 1 aliphatic rings. The van der Waals surface area contributed by atoms with Crippen LogP contribution in [0.1, 0.15) is 37.0 Å². The second-order valence-corrected chi connectivity index (χ2v) is 6.28. The maximum Gasteiger partial charge on any atom is 0.208 e. The first-order valence-corrected chi connectivity index (χ1v) is 7.88. The van der Waals surface area contributed by atoms with Crippen molar-refractivity contribution in [1.29, 1.82) is 0 Å². The molecule has 1 saturated heterocycles. The highest BCUT2D eigenvalue weighted by Gasteiger charge is 2.22. The summed E-state index contributed by atoms with van der Waals surface area (Å²) < 4.78 is 13.6. The number of morpholine rings is 1. The van der Waals surface area contributed by atoms with Gasteiger partial charge in [0, 0.05) is 25.2 Å². The van der Waals surface area contributed by atoms with E-state index in [0.29, 0.717) is 5.92 Å². The highest BCUT2D eigenvalue weighted by molar-refractivity contribution is 5.00. The lowest BCUT2D eigenvalue weighted by Crippen LogP contribution is -2.43. The van der Waals surface area contributed by atoms with E-state index in [0.717, 1.165) is 44.4 Å². The third-order valence-electron chi connectivity index (χ3n) is 3.88. The molecular formula is C16H24N4O2. The minimum atomic E-state index is 0.160. The van der Waals surface area contributed by atoms with Crippen molar-refractivity contribution >= 4 is 0 Å². The summed E-state index contributed by atoms with van der Waals surface area (Å²) in [6.07, 6.45) is 5.92. The molecule has 3 heterocycles. The molecule has 0 N–H and O–H groups in total. The van der Waals surface area contributed by atoms with Gasteiger partial charge in [0.1, 0.15) is 5.76 Å². The fourth-order valence-electron chi connectivity index (χ4n) is 2.67. The van der Waals surface area contributed by atoms with Gasteiger partial charge in [-0.15, -0.1) is 0 Å². The summed E-state index contributed by atoms with van der Waals surface area (Å²) in [5.41, 5.74) is 1.17. The van der Waals surface area contributed by atoms with E-state index < -0.39 is 0 Å². The molecule has 2 aromatic heterocycles. The third-order valence-corrected chi connectivity index (χ3v) is 3.88. The van der Waals surface area contributed by atoms with Crippen LogP contribution in [0.25, 0.3) is 0 Å². The van der Waals surface area contributed by atoms with Gasteiger partial charge in [0.05, 0.1) is 38.2 Å². The first-order valence-electron chi connectivity index (χ1n) is 7.88. The average molecular weight is 304 g/mol. The van der Waals surface area contributed by atoms with Crippen LogP contribution in [0.5, 0.6) is 0 Å². The monoisotopic (exact) mass is 304 g/mol. The predicted octanol–water partition coefficient (Wildman–Crippen LogP) is 2.20. The molecule has 120 valence electrons. The number of aromatic nitrogens is 3. The van der Waals surface area contributed by atoms with E-state index in [1.165, 1.54) is 5.56 Å². The Bertz CT molecular complexity index is 605. The molecule has 22 heavy (non-hydrogen) atoms. The Balaban J connectivity index is 1.55. The molecule has 1 atom stereocenters. The van der Waals surface area contributed by atoms with E-state index in [1.807, 2.05) is 30.2 Å². The lowest BCUT2D eigenvalue weighted by atomic mass is 10.2. The van der Waals surface area contributed by atoms with Crippen molar-refractivity contribution in [2.75, 3.05) is 19.7 Å². The number of hydrogen-bond acceptors (Lipinski definition) is 5. The first-order chi connectivity index (χ1) is 10.6. The number of nitrogens with zero attached hydrogens (tertiary/aromatic N) is 4. The van der Waals surface area contributed by atoms with Crippen LogP contribution in [0.3, 0.4) is 0 Å². The van der Waals surface area contributed by atoms with Gasteiger partial charge in [-0.2, -0.15) is 5.10 Å².